The number of rotatable bonds is 4. The van der Waals surface area contributed by atoms with E-state index < -0.39 is 5.60 Å². The van der Waals surface area contributed by atoms with Crippen molar-refractivity contribution in [3.63, 3.8) is 0 Å². The van der Waals surface area contributed by atoms with E-state index in [1.807, 2.05) is 20.8 Å². The van der Waals surface area contributed by atoms with Gasteiger partial charge in [-0.3, -0.25) is 4.79 Å². The molecule has 0 spiro atoms. The van der Waals surface area contributed by atoms with Crippen LogP contribution in [0.25, 0.3) is 0 Å². The van der Waals surface area contributed by atoms with Crippen LogP contribution in [-0.4, -0.2) is 54.2 Å². The van der Waals surface area contributed by atoms with Crippen LogP contribution in [0.5, 0.6) is 0 Å². The Morgan fingerprint density at radius 1 is 1.20 bits per heavy atom. The average Bonchev–Trinajstić information content (AvgIpc) is 3.18. The molecule has 1 aliphatic rings. The number of nitrogens with one attached hydrogen (secondary N) is 1. The Hall–Kier alpha value is -3.51. The summed E-state index contributed by atoms with van der Waals surface area (Å²) in [5.74, 6) is 5.38. The molecule has 1 saturated heterocycles. The Morgan fingerprint density at radius 2 is 1.91 bits per heavy atom. The van der Waals surface area contributed by atoms with Gasteiger partial charge in [0.15, 0.2) is 0 Å². The summed E-state index contributed by atoms with van der Waals surface area (Å²) in [6.07, 6.45) is 1.17. The van der Waals surface area contributed by atoms with Crippen molar-refractivity contribution in [2.45, 2.75) is 52.2 Å². The number of hydrogen-bond donors (Lipinski definition) is 2. The maximum atomic E-state index is 12.9. The fraction of sp³-hybridized carbons (Fsp3) is 0.423. The van der Waals surface area contributed by atoms with E-state index in [2.05, 4.69) is 17.2 Å². The Kier molecular flexibility index (Phi) is 8.41. The van der Waals surface area contributed by atoms with E-state index in [9.17, 15) is 14.4 Å². The molecule has 0 unspecified atom stereocenters. The molecule has 2 heterocycles. The quantitative estimate of drug-likeness (QED) is 0.487. The molecule has 9 heteroatoms. The van der Waals surface area contributed by atoms with Crippen LogP contribution in [0.3, 0.4) is 0 Å². The lowest BCUT2D eigenvalue weighted by molar-refractivity contribution is 0.0185. The molecule has 1 fully saturated rings. The van der Waals surface area contributed by atoms with Gasteiger partial charge in [-0.1, -0.05) is 11.8 Å². The minimum Gasteiger partial charge on any atom is -0.462 e. The number of carbonyl (C=O) groups excluding carboxylic acids is 3. The molecule has 3 rings (SSSR count). The Morgan fingerprint density at radius 3 is 2.57 bits per heavy atom. The minimum atomic E-state index is -0.570. The molecule has 1 atom stereocenters. The lowest BCUT2D eigenvalue weighted by Gasteiger charge is -2.34. The van der Waals surface area contributed by atoms with Crippen molar-refractivity contribution >= 4 is 35.0 Å². The van der Waals surface area contributed by atoms with Gasteiger partial charge in [-0.25, -0.2) is 9.59 Å². The van der Waals surface area contributed by atoms with Crippen molar-refractivity contribution < 1.29 is 23.9 Å². The lowest BCUT2D eigenvalue weighted by Crippen LogP contribution is -2.50. The highest BCUT2D eigenvalue weighted by molar-refractivity contribution is 7.15. The number of thiophene rings is 1. The Labute approximate surface area is 209 Å². The first-order valence-electron chi connectivity index (χ1n) is 11.5. The number of hydrogen-bond acceptors (Lipinski definition) is 7. The SMILES string of the molecule is CCOC(=O)c1ccc(C#Cc2cc(N)c(C(=O)N[C@H]3CCCN(C(=O)OC(C)(C)C)C3)s2)cc1. The summed E-state index contributed by atoms with van der Waals surface area (Å²) in [5.41, 5.74) is 7.06. The molecule has 2 aromatic rings. The van der Waals surface area contributed by atoms with Gasteiger partial charge in [0.25, 0.3) is 5.91 Å². The van der Waals surface area contributed by atoms with Gasteiger partial charge in [-0.15, -0.1) is 11.3 Å². The normalized spacial score (nSPS) is 15.5. The average molecular weight is 498 g/mol. The number of carbonyl (C=O) groups is 3. The number of esters is 1. The molecule has 186 valence electrons. The smallest absolute Gasteiger partial charge is 0.410 e. The van der Waals surface area contributed by atoms with Crippen LogP contribution in [-0.2, 0) is 9.47 Å². The van der Waals surface area contributed by atoms with Crippen molar-refractivity contribution in [1.82, 2.24) is 10.2 Å². The summed E-state index contributed by atoms with van der Waals surface area (Å²) < 4.78 is 10.4. The van der Waals surface area contributed by atoms with Gasteiger partial charge in [0, 0.05) is 24.7 Å². The number of nitrogens with zero attached hydrogens (tertiary/aromatic N) is 1. The van der Waals surface area contributed by atoms with Crippen molar-refractivity contribution in [3.8, 4) is 11.8 Å². The number of nitrogens with two attached hydrogens (primary N) is 1. The van der Waals surface area contributed by atoms with Crippen molar-refractivity contribution in [3.05, 3.63) is 51.2 Å². The molecule has 1 aromatic carbocycles. The van der Waals surface area contributed by atoms with E-state index in [0.717, 1.165) is 18.4 Å². The Bertz CT molecular complexity index is 1140. The number of benzene rings is 1. The molecule has 1 aliphatic heterocycles. The summed E-state index contributed by atoms with van der Waals surface area (Å²) in [7, 11) is 0. The molecular weight excluding hydrogens is 466 g/mol. The standard InChI is InChI=1S/C26H31N3O5S/c1-5-33-24(31)18-11-8-17(9-12-18)10-13-20-15-21(27)22(35-20)23(30)28-19-7-6-14-29(16-19)25(32)34-26(2,3)4/h8-9,11-12,15,19H,5-7,14,16,27H2,1-4H3,(H,28,30)/t19-/m0/s1. The van der Waals surface area contributed by atoms with Crippen molar-refractivity contribution in [2.75, 3.05) is 25.4 Å². The first kappa shape index (κ1) is 26.1. The van der Waals surface area contributed by atoms with Crippen LogP contribution in [0.2, 0.25) is 0 Å². The molecule has 0 aliphatic carbocycles. The predicted molar refractivity (Wildman–Crippen MR) is 135 cm³/mol. The predicted octanol–water partition coefficient (Wildman–Crippen LogP) is 4.04. The van der Waals surface area contributed by atoms with Gasteiger partial charge in [-0.05, 0) is 70.9 Å². The zero-order valence-electron chi connectivity index (χ0n) is 20.5. The monoisotopic (exact) mass is 497 g/mol. The maximum absolute atomic E-state index is 12.9. The van der Waals surface area contributed by atoms with E-state index in [-0.39, 0.29) is 24.0 Å². The van der Waals surface area contributed by atoms with E-state index in [4.69, 9.17) is 15.2 Å². The van der Waals surface area contributed by atoms with E-state index in [1.165, 1.54) is 11.3 Å². The van der Waals surface area contributed by atoms with E-state index in [0.29, 0.717) is 40.7 Å². The van der Waals surface area contributed by atoms with Crippen LogP contribution < -0.4 is 11.1 Å². The first-order valence-corrected chi connectivity index (χ1v) is 12.3. The molecule has 0 bridgehead atoms. The second-order valence-electron chi connectivity index (χ2n) is 9.18. The number of ether oxygens (including phenoxy) is 2. The molecule has 2 amide bonds. The molecule has 1 aromatic heterocycles. The third kappa shape index (κ3) is 7.49. The second-order valence-corrected chi connectivity index (χ2v) is 10.2. The first-order chi connectivity index (χ1) is 16.6. The number of nitrogen functional groups attached to an aromatic ring is 1. The highest BCUT2D eigenvalue weighted by Crippen LogP contribution is 2.25. The number of piperidine rings is 1. The summed E-state index contributed by atoms with van der Waals surface area (Å²) in [5, 5.41) is 2.99. The van der Waals surface area contributed by atoms with Crippen LogP contribution in [0.4, 0.5) is 10.5 Å². The topological polar surface area (TPSA) is 111 Å². The van der Waals surface area contributed by atoms with Crippen LogP contribution >= 0.6 is 11.3 Å². The largest absolute Gasteiger partial charge is 0.462 e. The molecule has 0 radical (unpaired) electrons. The molecule has 8 nitrogen and oxygen atoms in total. The molecule has 0 saturated carbocycles. The second kappa shape index (κ2) is 11.3. The summed E-state index contributed by atoms with van der Waals surface area (Å²) in [4.78, 5) is 39.7. The highest BCUT2D eigenvalue weighted by atomic mass is 32.1. The molecule has 35 heavy (non-hydrogen) atoms. The third-order valence-electron chi connectivity index (χ3n) is 5.10. The zero-order chi connectivity index (χ0) is 25.6. The third-order valence-corrected chi connectivity index (χ3v) is 6.17. The summed E-state index contributed by atoms with van der Waals surface area (Å²) >= 11 is 1.22. The van der Waals surface area contributed by atoms with E-state index >= 15 is 0 Å². The molecular formula is C26H31N3O5S. The minimum absolute atomic E-state index is 0.183. The molecule has 3 N–H and O–H groups in total. The zero-order valence-corrected chi connectivity index (χ0v) is 21.3. The van der Waals surface area contributed by atoms with Crippen LogP contribution in [0.15, 0.2) is 30.3 Å². The fourth-order valence-corrected chi connectivity index (χ4v) is 4.36. The van der Waals surface area contributed by atoms with Crippen molar-refractivity contribution in [2.24, 2.45) is 0 Å². The van der Waals surface area contributed by atoms with E-state index in [1.54, 1.807) is 42.2 Å². The van der Waals surface area contributed by atoms with Gasteiger partial charge in [0.1, 0.15) is 10.5 Å². The van der Waals surface area contributed by atoms with Crippen LogP contribution in [0.1, 0.15) is 71.0 Å². The number of amides is 2. The van der Waals surface area contributed by atoms with Crippen molar-refractivity contribution in [1.29, 1.82) is 0 Å². The van der Waals surface area contributed by atoms with Gasteiger partial charge < -0.3 is 25.4 Å². The maximum Gasteiger partial charge on any atom is 0.410 e. The van der Waals surface area contributed by atoms with Gasteiger partial charge in [-0.2, -0.15) is 0 Å². The lowest BCUT2D eigenvalue weighted by atomic mass is 10.1. The number of anilines is 1. The number of likely N-dealkylation sites (tertiary alicyclic amines) is 1. The van der Waals surface area contributed by atoms with Gasteiger partial charge >= 0.3 is 12.1 Å². The highest BCUT2D eigenvalue weighted by Gasteiger charge is 2.29. The summed E-state index contributed by atoms with van der Waals surface area (Å²) in [6, 6.07) is 8.29. The van der Waals surface area contributed by atoms with Gasteiger partial charge in [0.2, 0.25) is 0 Å². The Balaban J connectivity index is 1.62. The van der Waals surface area contributed by atoms with Gasteiger partial charge in [0.05, 0.1) is 22.7 Å². The summed E-state index contributed by atoms with van der Waals surface area (Å²) in [6.45, 7) is 8.54. The fourth-order valence-electron chi connectivity index (χ4n) is 3.52. The van der Waals surface area contributed by atoms with Crippen LogP contribution in [0, 0.1) is 11.8 Å².